The number of rotatable bonds is 4. The SMILES string of the molecule is Cc1cc(C)c(C(=O)OC(C)(C)C)c(C)c1NC1CCN(c2ccc(F)cc2C#N)CC1. The van der Waals surface area contributed by atoms with E-state index in [1.807, 2.05) is 47.6 Å². The summed E-state index contributed by atoms with van der Waals surface area (Å²) in [5.74, 6) is -0.696. The Labute approximate surface area is 190 Å². The van der Waals surface area contributed by atoms with Crippen molar-refractivity contribution in [2.45, 2.75) is 66.0 Å². The maximum Gasteiger partial charge on any atom is 0.339 e. The number of hydrogen-bond donors (Lipinski definition) is 1. The summed E-state index contributed by atoms with van der Waals surface area (Å²) in [5, 5.41) is 13.0. The van der Waals surface area contributed by atoms with Crippen molar-refractivity contribution in [2.75, 3.05) is 23.3 Å². The number of piperidine rings is 1. The highest BCUT2D eigenvalue weighted by Crippen LogP contribution is 2.31. The zero-order chi connectivity index (χ0) is 23.6. The van der Waals surface area contributed by atoms with Crippen LogP contribution in [-0.2, 0) is 4.74 Å². The van der Waals surface area contributed by atoms with Crippen LogP contribution in [0.4, 0.5) is 15.8 Å². The molecule has 0 bridgehead atoms. The highest BCUT2D eigenvalue weighted by atomic mass is 19.1. The van der Waals surface area contributed by atoms with E-state index in [1.54, 1.807) is 6.07 Å². The van der Waals surface area contributed by atoms with Crippen LogP contribution < -0.4 is 10.2 Å². The van der Waals surface area contributed by atoms with Gasteiger partial charge in [-0.2, -0.15) is 5.26 Å². The molecule has 2 aromatic carbocycles. The number of halogens is 1. The first-order chi connectivity index (χ1) is 15.0. The number of aryl methyl sites for hydroxylation is 2. The lowest BCUT2D eigenvalue weighted by Crippen LogP contribution is -2.39. The standard InChI is InChI=1S/C26H32FN3O2/c1-16-13-17(2)24(18(3)23(16)25(31)32-26(4,5)6)29-21-9-11-30(12-10-21)22-8-7-20(27)14-19(22)15-28/h7-8,13-14,21,29H,9-12H2,1-6H3. The zero-order valence-electron chi connectivity index (χ0n) is 19.8. The van der Waals surface area contributed by atoms with Gasteiger partial charge < -0.3 is 15.0 Å². The minimum Gasteiger partial charge on any atom is -0.456 e. The van der Waals surface area contributed by atoms with Gasteiger partial charge in [-0.3, -0.25) is 0 Å². The van der Waals surface area contributed by atoms with Crippen molar-refractivity contribution in [2.24, 2.45) is 0 Å². The predicted octanol–water partition coefficient (Wildman–Crippen LogP) is 5.66. The Bertz CT molecular complexity index is 1060. The molecule has 1 heterocycles. The number of benzene rings is 2. The fourth-order valence-electron chi connectivity index (χ4n) is 4.39. The summed E-state index contributed by atoms with van der Waals surface area (Å²) < 4.78 is 19.1. The smallest absolute Gasteiger partial charge is 0.339 e. The predicted molar refractivity (Wildman–Crippen MR) is 126 cm³/mol. The van der Waals surface area contributed by atoms with Crippen molar-refractivity contribution in [3.63, 3.8) is 0 Å². The van der Waals surface area contributed by atoms with E-state index >= 15 is 0 Å². The summed E-state index contributed by atoms with van der Waals surface area (Å²) in [6.45, 7) is 13.1. The lowest BCUT2D eigenvalue weighted by Gasteiger charge is -2.35. The van der Waals surface area contributed by atoms with Gasteiger partial charge in [0.2, 0.25) is 0 Å². The second-order valence-electron chi connectivity index (χ2n) is 9.57. The normalized spacial score (nSPS) is 14.8. The molecule has 1 fully saturated rings. The summed E-state index contributed by atoms with van der Waals surface area (Å²) in [5.41, 5.74) is 5.11. The van der Waals surface area contributed by atoms with Crippen LogP contribution in [0.15, 0.2) is 24.3 Å². The Morgan fingerprint density at radius 2 is 1.81 bits per heavy atom. The van der Waals surface area contributed by atoms with E-state index in [2.05, 4.69) is 16.3 Å². The first kappa shape index (κ1) is 23.6. The van der Waals surface area contributed by atoms with Crippen molar-refractivity contribution in [3.05, 3.63) is 57.9 Å². The van der Waals surface area contributed by atoms with Gasteiger partial charge in [0.1, 0.15) is 17.5 Å². The number of ether oxygens (including phenoxy) is 1. The number of nitriles is 1. The molecule has 0 unspecified atom stereocenters. The third-order valence-electron chi connectivity index (χ3n) is 5.84. The number of hydrogen-bond acceptors (Lipinski definition) is 5. The highest BCUT2D eigenvalue weighted by Gasteiger charge is 2.26. The first-order valence-corrected chi connectivity index (χ1v) is 11.1. The van der Waals surface area contributed by atoms with E-state index in [-0.39, 0.29) is 12.0 Å². The molecule has 0 aromatic heterocycles. The van der Waals surface area contributed by atoms with Gasteiger partial charge in [0.15, 0.2) is 0 Å². The van der Waals surface area contributed by atoms with Gasteiger partial charge in [-0.1, -0.05) is 6.07 Å². The fourth-order valence-corrected chi connectivity index (χ4v) is 4.39. The molecule has 0 aliphatic carbocycles. The molecular formula is C26H32FN3O2. The molecule has 6 heteroatoms. The molecule has 170 valence electrons. The van der Waals surface area contributed by atoms with Gasteiger partial charge in [0.25, 0.3) is 0 Å². The molecule has 2 aromatic rings. The van der Waals surface area contributed by atoms with Crippen molar-refractivity contribution in [3.8, 4) is 6.07 Å². The Balaban J connectivity index is 1.76. The summed E-state index contributed by atoms with van der Waals surface area (Å²) in [6, 6.07) is 8.74. The third kappa shape index (κ3) is 5.21. The summed E-state index contributed by atoms with van der Waals surface area (Å²) >= 11 is 0. The summed E-state index contributed by atoms with van der Waals surface area (Å²) in [4.78, 5) is 15.0. The minimum absolute atomic E-state index is 0.240. The zero-order valence-corrected chi connectivity index (χ0v) is 19.8. The fraction of sp³-hybridized carbons (Fsp3) is 0.462. The molecule has 5 nitrogen and oxygen atoms in total. The molecule has 0 amide bonds. The van der Waals surface area contributed by atoms with Gasteiger partial charge in [0.05, 0.1) is 16.8 Å². The highest BCUT2D eigenvalue weighted by molar-refractivity contribution is 5.95. The van der Waals surface area contributed by atoms with Gasteiger partial charge in [-0.15, -0.1) is 0 Å². The molecule has 0 atom stereocenters. The third-order valence-corrected chi connectivity index (χ3v) is 5.84. The van der Waals surface area contributed by atoms with Crippen LogP contribution in [0.5, 0.6) is 0 Å². The van der Waals surface area contributed by atoms with Gasteiger partial charge in [0, 0.05) is 24.8 Å². The van der Waals surface area contributed by atoms with Crippen molar-refractivity contribution in [1.29, 1.82) is 5.26 Å². The molecule has 32 heavy (non-hydrogen) atoms. The molecule has 0 radical (unpaired) electrons. The lowest BCUT2D eigenvalue weighted by molar-refractivity contribution is 0.00680. The van der Waals surface area contributed by atoms with E-state index in [9.17, 15) is 14.4 Å². The van der Waals surface area contributed by atoms with Crippen molar-refractivity contribution in [1.82, 2.24) is 0 Å². The van der Waals surface area contributed by atoms with Crippen LogP contribution in [-0.4, -0.2) is 30.7 Å². The largest absolute Gasteiger partial charge is 0.456 e. The molecule has 0 saturated carbocycles. The van der Waals surface area contributed by atoms with E-state index < -0.39 is 11.4 Å². The Morgan fingerprint density at radius 3 is 2.41 bits per heavy atom. The van der Waals surface area contributed by atoms with Crippen LogP contribution in [0.2, 0.25) is 0 Å². The van der Waals surface area contributed by atoms with E-state index in [0.717, 1.165) is 54.0 Å². The van der Waals surface area contributed by atoms with Crippen LogP contribution >= 0.6 is 0 Å². The second-order valence-corrected chi connectivity index (χ2v) is 9.57. The average molecular weight is 438 g/mol. The Morgan fingerprint density at radius 1 is 1.16 bits per heavy atom. The van der Waals surface area contributed by atoms with E-state index in [4.69, 9.17) is 4.74 Å². The number of carbonyl (C=O) groups is 1. The van der Waals surface area contributed by atoms with Gasteiger partial charge in [-0.25, -0.2) is 9.18 Å². The molecular weight excluding hydrogens is 405 g/mol. The number of anilines is 2. The molecule has 3 rings (SSSR count). The summed E-state index contributed by atoms with van der Waals surface area (Å²) in [7, 11) is 0. The Kier molecular flexibility index (Phi) is 6.78. The van der Waals surface area contributed by atoms with Gasteiger partial charge in [-0.05, 0) is 89.3 Å². The number of esters is 1. The van der Waals surface area contributed by atoms with Crippen LogP contribution in [0, 0.1) is 37.9 Å². The molecule has 1 N–H and O–H groups in total. The Hall–Kier alpha value is -3.07. The summed E-state index contributed by atoms with van der Waals surface area (Å²) in [6.07, 6.45) is 1.74. The average Bonchev–Trinajstić information content (AvgIpc) is 2.70. The van der Waals surface area contributed by atoms with Crippen molar-refractivity contribution < 1.29 is 13.9 Å². The van der Waals surface area contributed by atoms with Gasteiger partial charge >= 0.3 is 5.97 Å². The van der Waals surface area contributed by atoms with E-state index in [1.165, 1.54) is 12.1 Å². The van der Waals surface area contributed by atoms with Crippen LogP contribution in [0.1, 0.15) is 66.2 Å². The monoisotopic (exact) mass is 437 g/mol. The number of nitrogens with one attached hydrogen (secondary N) is 1. The second kappa shape index (κ2) is 9.20. The first-order valence-electron chi connectivity index (χ1n) is 11.1. The van der Waals surface area contributed by atoms with Crippen molar-refractivity contribution >= 4 is 17.3 Å². The number of carbonyl (C=O) groups excluding carboxylic acids is 1. The molecule has 1 aliphatic rings. The van der Waals surface area contributed by atoms with E-state index in [0.29, 0.717) is 11.1 Å². The van der Waals surface area contributed by atoms with Crippen LogP contribution in [0.25, 0.3) is 0 Å². The minimum atomic E-state index is -0.552. The number of nitrogens with zero attached hydrogens (tertiary/aromatic N) is 2. The topological polar surface area (TPSA) is 65.4 Å². The maximum atomic E-state index is 13.5. The molecule has 0 spiro atoms. The molecule has 1 aliphatic heterocycles. The quantitative estimate of drug-likeness (QED) is 0.626. The van der Waals surface area contributed by atoms with Crippen LogP contribution in [0.3, 0.4) is 0 Å². The lowest BCUT2D eigenvalue weighted by atomic mass is 9.95. The maximum absolute atomic E-state index is 13.5. The molecule has 1 saturated heterocycles.